The summed E-state index contributed by atoms with van der Waals surface area (Å²) < 4.78 is 0. The maximum absolute atomic E-state index is 12.2. The van der Waals surface area contributed by atoms with Crippen molar-refractivity contribution >= 4 is 35.8 Å². The van der Waals surface area contributed by atoms with Crippen LogP contribution in [0.15, 0.2) is 4.99 Å². The summed E-state index contributed by atoms with van der Waals surface area (Å²) >= 11 is 0. The molecule has 1 amide bonds. The molecule has 2 aliphatic rings. The van der Waals surface area contributed by atoms with Gasteiger partial charge in [-0.25, -0.2) is 0 Å². The monoisotopic (exact) mass is 424 g/mol. The molecule has 1 atom stereocenters. The highest BCUT2D eigenvalue weighted by Crippen LogP contribution is 2.28. The van der Waals surface area contributed by atoms with Gasteiger partial charge in [-0.2, -0.15) is 0 Å². The van der Waals surface area contributed by atoms with Crippen molar-refractivity contribution in [3.8, 4) is 0 Å². The zero-order valence-corrected chi connectivity index (χ0v) is 16.2. The van der Waals surface area contributed by atoms with Gasteiger partial charge in [0, 0.05) is 25.7 Å². The second-order valence-corrected chi connectivity index (χ2v) is 6.26. The minimum atomic E-state index is -0.791. The first-order valence-corrected chi connectivity index (χ1v) is 8.02. The molecule has 0 bridgehead atoms. The molecular weight excluding hydrogens is 395 g/mol. The van der Waals surface area contributed by atoms with Gasteiger partial charge in [0.1, 0.15) is 0 Å². The van der Waals surface area contributed by atoms with Crippen LogP contribution in [-0.2, 0) is 4.79 Å². The van der Waals surface area contributed by atoms with Crippen LogP contribution in [0.3, 0.4) is 0 Å². The van der Waals surface area contributed by atoms with E-state index in [0.717, 1.165) is 38.4 Å². The van der Waals surface area contributed by atoms with Gasteiger partial charge in [-0.1, -0.05) is 6.92 Å². The fraction of sp³-hybridized carbons (Fsp3) is 0.867. The number of nitrogens with zero attached hydrogens (tertiary/aromatic N) is 3. The van der Waals surface area contributed by atoms with E-state index in [2.05, 4.69) is 10.3 Å². The largest absolute Gasteiger partial charge is 0.388 e. The lowest BCUT2D eigenvalue weighted by Crippen LogP contribution is -2.56. The fourth-order valence-corrected chi connectivity index (χ4v) is 2.42. The molecule has 1 unspecified atom stereocenters. The van der Waals surface area contributed by atoms with Gasteiger partial charge < -0.3 is 20.2 Å². The third-order valence-electron chi connectivity index (χ3n) is 4.21. The number of guanidine groups is 1. The topological polar surface area (TPSA) is 68.2 Å². The molecule has 0 radical (unpaired) electrons. The van der Waals surface area contributed by atoms with E-state index in [1.54, 1.807) is 6.92 Å². The Bertz CT molecular complexity index is 410. The molecule has 2 N–H and O–H groups in total. The molecule has 0 spiro atoms. The van der Waals surface area contributed by atoms with Crippen LogP contribution in [0.5, 0.6) is 0 Å². The lowest BCUT2D eigenvalue weighted by molar-refractivity contribution is -0.135. The van der Waals surface area contributed by atoms with Crippen LogP contribution in [0, 0.1) is 0 Å². The van der Waals surface area contributed by atoms with Gasteiger partial charge in [-0.15, -0.1) is 24.0 Å². The van der Waals surface area contributed by atoms with E-state index in [1.165, 1.54) is 0 Å². The average molecular weight is 424 g/mol. The number of carbonyl (C=O) groups is 1. The highest BCUT2D eigenvalue weighted by molar-refractivity contribution is 14.0. The van der Waals surface area contributed by atoms with Gasteiger partial charge >= 0.3 is 0 Å². The maximum atomic E-state index is 12.2. The van der Waals surface area contributed by atoms with Crippen LogP contribution < -0.4 is 5.32 Å². The minimum absolute atomic E-state index is 0. The van der Waals surface area contributed by atoms with E-state index < -0.39 is 5.60 Å². The smallest absolute Gasteiger partial charge is 0.242 e. The maximum Gasteiger partial charge on any atom is 0.242 e. The standard InChI is InChI=1S/C15H28N4O2.HI/c1-4-15(3,21)11-17-14(16-5-2)18-8-9-19(12-6-7-12)13(20)10-18;/h12,21H,4-11H2,1-3H3,(H,16,17);1H. The molecule has 1 saturated heterocycles. The molecule has 1 aliphatic heterocycles. The number of halogens is 1. The molecule has 2 fully saturated rings. The Morgan fingerprint density at radius 3 is 2.59 bits per heavy atom. The zero-order chi connectivity index (χ0) is 15.5. The first kappa shape index (κ1) is 19.5. The highest BCUT2D eigenvalue weighted by Gasteiger charge is 2.36. The van der Waals surface area contributed by atoms with Crippen molar-refractivity contribution in [3.63, 3.8) is 0 Å². The van der Waals surface area contributed by atoms with E-state index in [0.29, 0.717) is 25.6 Å². The van der Waals surface area contributed by atoms with Gasteiger partial charge in [0.2, 0.25) is 5.91 Å². The van der Waals surface area contributed by atoms with Crippen molar-refractivity contribution in [2.75, 3.05) is 32.7 Å². The third-order valence-corrected chi connectivity index (χ3v) is 4.21. The number of carbonyl (C=O) groups excluding carboxylic acids is 1. The first-order valence-electron chi connectivity index (χ1n) is 8.02. The molecular formula is C15H29IN4O2. The van der Waals surface area contributed by atoms with Crippen LogP contribution in [0.1, 0.15) is 40.0 Å². The lowest BCUT2D eigenvalue weighted by atomic mass is 10.1. The number of amides is 1. The number of hydrogen-bond donors (Lipinski definition) is 2. The molecule has 7 heteroatoms. The van der Waals surface area contributed by atoms with Crippen molar-refractivity contribution in [1.82, 2.24) is 15.1 Å². The van der Waals surface area contributed by atoms with Gasteiger partial charge in [0.05, 0.1) is 18.7 Å². The van der Waals surface area contributed by atoms with Crippen molar-refractivity contribution in [1.29, 1.82) is 0 Å². The highest BCUT2D eigenvalue weighted by atomic mass is 127. The fourth-order valence-electron chi connectivity index (χ4n) is 2.42. The molecule has 22 heavy (non-hydrogen) atoms. The van der Waals surface area contributed by atoms with E-state index in [1.807, 2.05) is 23.6 Å². The summed E-state index contributed by atoms with van der Waals surface area (Å²) in [6.07, 6.45) is 2.96. The Hall–Kier alpha value is -0.570. The predicted molar refractivity (Wildman–Crippen MR) is 98.6 cm³/mol. The molecule has 128 valence electrons. The number of hydrogen-bond acceptors (Lipinski definition) is 3. The van der Waals surface area contributed by atoms with Crippen molar-refractivity contribution in [2.24, 2.45) is 4.99 Å². The number of aliphatic imine (C=N–C) groups is 1. The average Bonchev–Trinajstić information content (AvgIpc) is 3.28. The molecule has 2 rings (SSSR count). The van der Waals surface area contributed by atoms with Gasteiger partial charge in [-0.05, 0) is 33.1 Å². The Labute approximate surface area is 150 Å². The van der Waals surface area contributed by atoms with Crippen LogP contribution in [-0.4, -0.2) is 71.1 Å². The Balaban J connectivity index is 0.00000242. The molecule has 1 aliphatic carbocycles. The molecule has 1 saturated carbocycles. The number of nitrogens with one attached hydrogen (secondary N) is 1. The van der Waals surface area contributed by atoms with Crippen LogP contribution in [0.2, 0.25) is 0 Å². The molecule has 6 nitrogen and oxygen atoms in total. The zero-order valence-electron chi connectivity index (χ0n) is 13.8. The number of rotatable bonds is 5. The molecule has 0 aromatic carbocycles. The third kappa shape index (κ3) is 5.26. The molecule has 0 aromatic rings. The first-order chi connectivity index (χ1) is 9.96. The summed E-state index contributed by atoms with van der Waals surface area (Å²) in [5.74, 6) is 0.923. The van der Waals surface area contributed by atoms with Crippen molar-refractivity contribution in [2.45, 2.75) is 51.7 Å². The second-order valence-electron chi connectivity index (χ2n) is 6.26. The Morgan fingerprint density at radius 1 is 1.41 bits per heavy atom. The van der Waals surface area contributed by atoms with E-state index in [4.69, 9.17) is 0 Å². The van der Waals surface area contributed by atoms with E-state index in [9.17, 15) is 9.90 Å². The summed E-state index contributed by atoms with van der Waals surface area (Å²) in [7, 11) is 0. The van der Waals surface area contributed by atoms with E-state index in [-0.39, 0.29) is 29.9 Å². The van der Waals surface area contributed by atoms with Crippen LogP contribution in [0.4, 0.5) is 0 Å². The molecule has 0 aromatic heterocycles. The van der Waals surface area contributed by atoms with Crippen LogP contribution in [0.25, 0.3) is 0 Å². The van der Waals surface area contributed by atoms with E-state index >= 15 is 0 Å². The minimum Gasteiger partial charge on any atom is -0.388 e. The van der Waals surface area contributed by atoms with Crippen LogP contribution >= 0.6 is 24.0 Å². The summed E-state index contributed by atoms with van der Waals surface area (Å²) in [5.41, 5.74) is -0.791. The Morgan fingerprint density at radius 2 is 2.09 bits per heavy atom. The lowest BCUT2D eigenvalue weighted by Gasteiger charge is -2.36. The van der Waals surface area contributed by atoms with Gasteiger partial charge in [0.25, 0.3) is 0 Å². The molecule has 1 heterocycles. The SMILES string of the molecule is CCNC(=NCC(C)(O)CC)N1CCN(C2CC2)C(=O)C1.I. The Kier molecular flexibility index (Phi) is 7.37. The number of aliphatic hydroxyl groups is 1. The second kappa shape index (κ2) is 8.33. The normalized spacial score (nSPS) is 22.2. The predicted octanol–water partition coefficient (Wildman–Crippen LogP) is 1.04. The van der Waals surface area contributed by atoms with Gasteiger partial charge in [0.15, 0.2) is 5.96 Å². The summed E-state index contributed by atoms with van der Waals surface area (Å²) in [6.45, 7) is 8.82. The number of piperazine rings is 1. The summed E-state index contributed by atoms with van der Waals surface area (Å²) in [6, 6.07) is 0.486. The summed E-state index contributed by atoms with van der Waals surface area (Å²) in [5, 5.41) is 13.3. The quantitative estimate of drug-likeness (QED) is 0.393. The van der Waals surface area contributed by atoms with Crippen molar-refractivity contribution < 1.29 is 9.90 Å². The van der Waals surface area contributed by atoms with Crippen molar-refractivity contribution in [3.05, 3.63) is 0 Å². The van der Waals surface area contributed by atoms with Gasteiger partial charge in [-0.3, -0.25) is 9.79 Å². The summed E-state index contributed by atoms with van der Waals surface area (Å²) in [4.78, 5) is 20.7.